The summed E-state index contributed by atoms with van der Waals surface area (Å²) in [5.41, 5.74) is 0.915. The van der Waals surface area contributed by atoms with Gasteiger partial charge in [0.1, 0.15) is 23.3 Å². The molecule has 2 aromatic carbocycles. The van der Waals surface area contributed by atoms with Gasteiger partial charge < -0.3 is 29.2 Å². The number of piperazine rings is 1. The summed E-state index contributed by atoms with van der Waals surface area (Å²) < 4.78 is 42.6. The van der Waals surface area contributed by atoms with Crippen LogP contribution in [0.25, 0.3) is 10.9 Å². The summed E-state index contributed by atoms with van der Waals surface area (Å²) in [7, 11) is 1.20. The Morgan fingerprint density at radius 2 is 1.67 bits per heavy atom. The average Bonchev–Trinajstić information content (AvgIpc) is 3.77. The largest absolute Gasteiger partial charge is 0.465 e. The van der Waals surface area contributed by atoms with E-state index < -0.39 is 35.2 Å². The molecule has 1 unspecified atom stereocenters. The first-order valence-electron chi connectivity index (χ1n) is 14.1. The number of ether oxygens (including phenoxy) is 2. The first-order valence-corrected chi connectivity index (χ1v) is 14.1. The molecule has 2 amide bonds. The predicted octanol–water partition coefficient (Wildman–Crippen LogP) is 3.19. The number of cyclic esters (lactones) is 1. The van der Waals surface area contributed by atoms with Crippen LogP contribution in [-0.2, 0) is 14.3 Å². The number of nitrogens with one attached hydrogen (secondary N) is 1. The van der Waals surface area contributed by atoms with Gasteiger partial charge in [-0.2, -0.15) is 0 Å². The second-order valence-electron chi connectivity index (χ2n) is 11.0. The molecule has 1 saturated carbocycles. The molecule has 2 saturated heterocycles. The van der Waals surface area contributed by atoms with Gasteiger partial charge in [0.2, 0.25) is 11.3 Å². The zero-order valence-electron chi connectivity index (χ0n) is 23.8. The van der Waals surface area contributed by atoms with Gasteiger partial charge in [0.05, 0.1) is 42.8 Å². The Hall–Kier alpha value is -4.68. The molecule has 1 N–H and O–H groups in total. The fourth-order valence-electron chi connectivity index (χ4n) is 5.72. The fraction of sp³-hybridized carbons (Fsp3) is 0.400. The second-order valence-corrected chi connectivity index (χ2v) is 11.0. The van der Waals surface area contributed by atoms with Crippen LogP contribution in [0.2, 0.25) is 0 Å². The predicted molar refractivity (Wildman–Crippen MR) is 155 cm³/mol. The number of amides is 2. The van der Waals surface area contributed by atoms with Gasteiger partial charge in [-0.1, -0.05) is 0 Å². The van der Waals surface area contributed by atoms with E-state index in [1.165, 1.54) is 37.3 Å². The average molecular weight is 596 g/mol. The van der Waals surface area contributed by atoms with E-state index in [9.17, 15) is 19.2 Å². The molecule has 11 nitrogen and oxygen atoms in total. The van der Waals surface area contributed by atoms with Crippen molar-refractivity contribution in [3.8, 4) is 0 Å². The lowest BCUT2D eigenvalue weighted by molar-refractivity contribution is -0.119. The monoisotopic (exact) mass is 595 g/mol. The summed E-state index contributed by atoms with van der Waals surface area (Å²) in [6.45, 7) is 3.36. The number of pyridine rings is 1. The molecule has 0 spiro atoms. The fourth-order valence-corrected chi connectivity index (χ4v) is 5.72. The highest BCUT2D eigenvalue weighted by molar-refractivity contribution is 5.95. The molecule has 1 aromatic heterocycles. The van der Waals surface area contributed by atoms with E-state index in [1.807, 2.05) is 14.4 Å². The quantitative estimate of drug-likeness (QED) is 0.415. The van der Waals surface area contributed by atoms with Gasteiger partial charge >= 0.3 is 12.1 Å². The normalized spacial score (nSPS) is 18.7. The van der Waals surface area contributed by atoms with Crippen molar-refractivity contribution in [1.82, 2.24) is 9.88 Å². The van der Waals surface area contributed by atoms with Crippen LogP contribution in [-0.4, -0.2) is 75.0 Å². The van der Waals surface area contributed by atoms with Crippen molar-refractivity contribution >= 4 is 45.9 Å². The number of anilines is 3. The van der Waals surface area contributed by atoms with Gasteiger partial charge in [-0.25, -0.2) is 18.4 Å². The van der Waals surface area contributed by atoms with Crippen LogP contribution in [0.1, 0.15) is 36.2 Å². The van der Waals surface area contributed by atoms with Crippen molar-refractivity contribution in [1.29, 1.82) is 0 Å². The number of esters is 1. The number of methoxy groups -OCH3 is 1. The molecule has 13 heteroatoms. The van der Waals surface area contributed by atoms with Gasteiger partial charge in [0.25, 0.3) is 0 Å². The van der Waals surface area contributed by atoms with Crippen LogP contribution < -0.4 is 25.4 Å². The zero-order chi connectivity index (χ0) is 30.4. The summed E-state index contributed by atoms with van der Waals surface area (Å²) in [6.07, 6.45) is 2.15. The Bertz CT molecular complexity index is 1680. The maximum atomic E-state index is 15.4. The van der Waals surface area contributed by atoms with Crippen LogP contribution in [0.3, 0.4) is 0 Å². The molecular formula is C30H31F2N5O6. The number of nitrogens with zero attached hydrogens (tertiary/aromatic N) is 4. The van der Waals surface area contributed by atoms with E-state index >= 15 is 8.78 Å². The number of hydrogen-bond donors (Lipinski definition) is 1. The molecule has 0 radical (unpaired) electrons. The molecule has 3 aromatic rings. The number of hydrogen-bond acceptors (Lipinski definition) is 8. The molecule has 3 aliphatic rings. The van der Waals surface area contributed by atoms with E-state index in [4.69, 9.17) is 9.47 Å². The Balaban J connectivity index is 1.18. The molecule has 2 aliphatic heterocycles. The summed E-state index contributed by atoms with van der Waals surface area (Å²) in [5.74, 6) is -2.07. The van der Waals surface area contributed by atoms with Crippen molar-refractivity contribution in [3.63, 3.8) is 0 Å². The van der Waals surface area contributed by atoms with E-state index in [0.717, 1.165) is 12.8 Å². The smallest absolute Gasteiger partial charge is 0.414 e. The molecule has 3 heterocycles. The summed E-state index contributed by atoms with van der Waals surface area (Å²) in [6, 6.07) is 7.51. The minimum atomic E-state index is -0.756. The maximum Gasteiger partial charge on any atom is 0.414 e. The van der Waals surface area contributed by atoms with Gasteiger partial charge in [0.15, 0.2) is 0 Å². The Morgan fingerprint density at radius 3 is 2.30 bits per heavy atom. The van der Waals surface area contributed by atoms with Gasteiger partial charge in [0, 0.05) is 50.7 Å². The summed E-state index contributed by atoms with van der Waals surface area (Å²) in [5, 5.41) is 2.73. The van der Waals surface area contributed by atoms with Crippen molar-refractivity contribution in [2.45, 2.75) is 31.9 Å². The lowest BCUT2D eigenvalue weighted by Crippen LogP contribution is -2.47. The standard InChI is InChI=1S/C30H31F2N5O6/c1-17(38)33-14-20-15-37(30(41)43-20)19-5-6-25(23(31)11-19)34-7-9-35(10-8-34)27-13-26-21(12-24(27)32)28(39)22(29(40)42-2)16-36(26)18-3-4-18/h5-6,11-13,16,18,20H,3-4,7-10,14-15H2,1-2H3,(H,33,38). The van der Waals surface area contributed by atoms with Crippen molar-refractivity contribution in [2.75, 3.05) is 61.1 Å². The third-order valence-corrected chi connectivity index (χ3v) is 8.10. The molecular weight excluding hydrogens is 564 g/mol. The molecule has 1 aliphatic carbocycles. The Morgan fingerprint density at radius 1 is 1.00 bits per heavy atom. The molecule has 0 bridgehead atoms. The SMILES string of the molecule is COC(=O)c1cn(C2CC2)c2cc(N3CCN(c4ccc(N5CC(CNC(C)=O)OC5=O)cc4F)CC3)c(F)cc2c1=O. The Labute approximate surface area is 245 Å². The highest BCUT2D eigenvalue weighted by Crippen LogP contribution is 2.38. The molecule has 43 heavy (non-hydrogen) atoms. The Kier molecular flexibility index (Phi) is 7.40. The topological polar surface area (TPSA) is 113 Å². The number of carbonyl (C=O) groups is 3. The number of fused-ring (bicyclic) bond motifs is 1. The second kappa shape index (κ2) is 11.2. The minimum Gasteiger partial charge on any atom is -0.465 e. The van der Waals surface area contributed by atoms with Crippen LogP contribution in [0, 0.1) is 11.6 Å². The van der Waals surface area contributed by atoms with Crippen molar-refractivity contribution in [2.24, 2.45) is 0 Å². The maximum absolute atomic E-state index is 15.4. The van der Waals surface area contributed by atoms with Crippen LogP contribution in [0.5, 0.6) is 0 Å². The lowest BCUT2D eigenvalue weighted by atomic mass is 10.1. The van der Waals surface area contributed by atoms with Gasteiger partial charge in [-0.05, 0) is 43.2 Å². The first kappa shape index (κ1) is 28.4. The van der Waals surface area contributed by atoms with Crippen molar-refractivity contribution < 1.29 is 32.6 Å². The molecule has 6 rings (SSSR count). The van der Waals surface area contributed by atoms with Crippen LogP contribution >= 0.6 is 0 Å². The van der Waals surface area contributed by atoms with Gasteiger partial charge in [-0.3, -0.25) is 14.5 Å². The third kappa shape index (κ3) is 5.46. The number of halogens is 2. The molecule has 226 valence electrons. The summed E-state index contributed by atoms with van der Waals surface area (Å²) in [4.78, 5) is 53.8. The number of carbonyl (C=O) groups excluding carboxylic acids is 3. The zero-order valence-corrected chi connectivity index (χ0v) is 23.8. The lowest BCUT2D eigenvalue weighted by Gasteiger charge is -2.37. The van der Waals surface area contributed by atoms with E-state index in [0.29, 0.717) is 48.8 Å². The minimum absolute atomic E-state index is 0.123. The highest BCUT2D eigenvalue weighted by Gasteiger charge is 2.33. The number of benzene rings is 2. The highest BCUT2D eigenvalue weighted by atomic mass is 19.1. The van der Waals surface area contributed by atoms with Gasteiger partial charge in [-0.15, -0.1) is 0 Å². The van der Waals surface area contributed by atoms with E-state index in [-0.39, 0.29) is 36.0 Å². The van der Waals surface area contributed by atoms with Crippen molar-refractivity contribution in [3.05, 3.63) is 63.9 Å². The first-order chi connectivity index (χ1) is 20.6. The van der Waals surface area contributed by atoms with Crippen LogP contribution in [0.4, 0.5) is 30.6 Å². The van der Waals surface area contributed by atoms with E-state index in [2.05, 4.69) is 5.32 Å². The van der Waals surface area contributed by atoms with E-state index in [1.54, 1.807) is 18.2 Å². The number of rotatable bonds is 7. The van der Waals surface area contributed by atoms with Crippen LogP contribution in [0.15, 0.2) is 41.3 Å². The number of aromatic nitrogens is 1. The molecule has 1 atom stereocenters. The molecule has 3 fully saturated rings. The third-order valence-electron chi connectivity index (χ3n) is 8.10. The summed E-state index contributed by atoms with van der Waals surface area (Å²) >= 11 is 0.